The van der Waals surface area contributed by atoms with E-state index in [2.05, 4.69) is 10.1 Å². The van der Waals surface area contributed by atoms with Gasteiger partial charge in [0.1, 0.15) is 0 Å². The molecule has 1 aliphatic heterocycles. The molecular formula is C17H19FN4O4. The van der Waals surface area contributed by atoms with E-state index in [-0.39, 0.29) is 17.4 Å². The minimum Gasteiger partial charge on any atom is -0.490 e. The van der Waals surface area contributed by atoms with E-state index in [1.54, 1.807) is 0 Å². The molecule has 9 heteroatoms. The number of rotatable bonds is 5. The van der Waals surface area contributed by atoms with Gasteiger partial charge in [-0.05, 0) is 25.7 Å². The topological polar surface area (TPSA) is 94.5 Å². The number of anilines is 1. The fourth-order valence-corrected chi connectivity index (χ4v) is 3.37. The van der Waals surface area contributed by atoms with Crippen LogP contribution in [0.2, 0.25) is 0 Å². The molecule has 0 amide bonds. The monoisotopic (exact) mass is 362 g/mol. The highest BCUT2D eigenvalue weighted by Gasteiger charge is 2.32. The summed E-state index contributed by atoms with van der Waals surface area (Å²) in [5, 5.41) is 15.1. The van der Waals surface area contributed by atoms with Gasteiger partial charge in [-0.2, -0.15) is 4.98 Å². The number of piperidine rings is 1. The second-order valence-corrected chi connectivity index (χ2v) is 6.76. The number of ether oxygens (including phenoxy) is 1. The summed E-state index contributed by atoms with van der Waals surface area (Å²) in [6.45, 7) is 1.21. The lowest BCUT2D eigenvalue weighted by molar-refractivity contribution is -0.385. The number of aromatic nitrogens is 2. The summed E-state index contributed by atoms with van der Waals surface area (Å²) in [6, 6.07) is 2.31. The van der Waals surface area contributed by atoms with Crippen molar-refractivity contribution in [1.82, 2.24) is 10.1 Å². The Morgan fingerprint density at radius 3 is 2.62 bits per heavy atom. The summed E-state index contributed by atoms with van der Waals surface area (Å²) < 4.78 is 24.8. The standard InChI is InChI=1S/C17H19FN4O4/c1-25-15-9-13(12(18)8-14(15)22(23)24)21-6-4-10(5-7-21)16-19-17(26-20-16)11-2-3-11/h8-11H,2-7H2,1H3. The fraction of sp³-hybridized carbons (Fsp3) is 0.529. The largest absolute Gasteiger partial charge is 0.490 e. The molecule has 2 aliphatic rings. The third-order valence-corrected chi connectivity index (χ3v) is 5.03. The Morgan fingerprint density at radius 2 is 2.00 bits per heavy atom. The number of methoxy groups -OCH3 is 1. The lowest BCUT2D eigenvalue weighted by atomic mass is 9.95. The van der Waals surface area contributed by atoms with Crippen LogP contribution in [-0.2, 0) is 0 Å². The van der Waals surface area contributed by atoms with E-state index < -0.39 is 10.7 Å². The lowest BCUT2D eigenvalue weighted by Crippen LogP contribution is -2.33. The van der Waals surface area contributed by atoms with Crippen molar-refractivity contribution >= 4 is 11.4 Å². The van der Waals surface area contributed by atoms with Crippen LogP contribution in [0.3, 0.4) is 0 Å². The van der Waals surface area contributed by atoms with Crippen molar-refractivity contribution in [1.29, 1.82) is 0 Å². The number of nitro groups is 1. The molecular weight excluding hydrogens is 343 g/mol. The Bertz CT molecular complexity index is 828. The van der Waals surface area contributed by atoms with Crippen molar-refractivity contribution in [2.45, 2.75) is 37.5 Å². The van der Waals surface area contributed by atoms with Crippen molar-refractivity contribution in [3.05, 3.63) is 39.8 Å². The van der Waals surface area contributed by atoms with Crippen LogP contribution < -0.4 is 9.64 Å². The van der Waals surface area contributed by atoms with Crippen LogP contribution in [0, 0.1) is 15.9 Å². The van der Waals surface area contributed by atoms with Crippen LogP contribution in [0.15, 0.2) is 16.7 Å². The van der Waals surface area contributed by atoms with Gasteiger partial charge in [0.25, 0.3) is 0 Å². The molecule has 1 aliphatic carbocycles. The number of hydrogen-bond acceptors (Lipinski definition) is 7. The SMILES string of the molecule is COc1cc(N2CCC(c3noc(C4CC4)n3)CC2)c(F)cc1[N+](=O)[O-]. The van der Waals surface area contributed by atoms with Crippen molar-refractivity contribution in [3.8, 4) is 5.75 Å². The van der Waals surface area contributed by atoms with Gasteiger partial charge in [0.05, 0.1) is 23.8 Å². The molecule has 0 radical (unpaired) electrons. The molecule has 2 fully saturated rings. The second kappa shape index (κ2) is 6.54. The summed E-state index contributed by atoms with van der Waals surface area (Å²) in [5.74, 6) is 1.51. The smallest absolute Gasteiger partial charge is 0.313 e. The number of nitrogens with zero attached hydrogens (tertiary/aromatic N) is 4. The maximum atomic E-state index is 14.4. The number of hydrogen-bond donors (Lipinski definition) is 0. The van der Waals surface area contributed by atoms with Gasteiger partial charge in [0.15, 0.2) is 17.4 Å². The quantitative estimate of drug-likeness (QED) is 0.594. The highest BCUT2D eigenvalue weighted by Crippen LogP contribution is 2.40. The Kier molecular flexibility index (Phi) is 4.21. The zero-order valence-electron chi connectivity index (χ0n) is 14.4. The summed E-state index contributed by atoms with van der Waals surface area (Å²) in [6.07, 6.45) is 3.76. The minimum atomic E-state index is -0.647. The molecule has 2 aromatic rings. The first-order valence-corrected chi connectivity index (χ1v) is 8.67. The Hall–Kier alpha value is -2.71. The van der Waals surface area contributed by atoms with Crippen LogP contribution >= 0.6 is 0 Å². The highest BCUT2D eigenvalue weighted by atomic mass is 19.1. The van der Waals surface area contributed by atoms with E-state index in [1.165, 1.54) is 13.2 Å². The first-order chi connectivity index (χ1) is 12.6. The van der Waals surface area contributed by atoms with Crippen LogP contribution in [0.1, 0.15) is 49.2 Å². The van der Waals surface area contributed by atoms with Crippen LogP contribution in [-0.4, -0.2) is 35.3 Å². The van der Waals surface area contributed by atoms with E-state index in [1.807, 2.05) is 4.90 Å². The van der Waals surface area contributed by atoms with Gasteiger partial charge in [0.2, 0.25) is 5.89 Å². The van der Waals surface area contributed by atoms with Gasteiger partial charge in [-0.25, -0.2) is 4.39 Å². The van der Waals surface area contributed by atoms with Crippen molar-refractivity contribution < 1.29 is 18.6 Å². The fourth-order valence-electron chi connectivity index (χ4n) is 3.37. The molecule has 1 saturated carbocycles. The molecule has 1 saturated heterocycles. The average molecular weight is 362 g/mol. The lowest BCUT2D eigenvalue weighted by Gasteiger charge is -2.32. The van der Waals surface area contributed by atoms with Crippen LogP contribution in [0.25, 0.3) is 0 Å². The molecule has 0 atom stereocenters. The van der Waals surface area contributed by atoms with E-state index in [9.17, 15) is 14.5 Å². The van der Waals surface area contributed by atoms with E-state index in [0.717, 1.165) is 43.5 Å². The molecule has 0 bridgehead atoms. The summed E-state index contributed by atoms with van der Waals surface area (Å²) in [4.78, 5) is 16.7. The van der Waals surface area contributed by atoms with Crippen molar-refractivity contribution in [2.24, 2.45) is 0 Å². The van der Waals surface area contributed by atoms with Gasteiger partial charge in [-0.1, -0.05) is 5.16 Å². The Morgan fingerprint density at radius 1 is 1.27 bits per heavy atom. The minimum absolute atomic E-state index is 0.0563. The molecule has 2 heterocycles. The molecule has 138 valence electrons. The van der Waals surface area contributed by atoms with Crippen LogP contribution in [0.4, 0.5) is 15.8 Å². The highest BCUT2D eigenvalue weighted by molar-refractivity contribution is 5.60. The third kappa shape index (κ3) is 3.09. The van der Waals surface area contributed by atoms with Crippen molar-refractivity contribution in [2.75, 3.05) is 25.1 Å². The van der Waals surface area contributed by atoms with Gasteiger partial charge >= 0.3 is 5.69 Å². The summed E-state index contributed by atoms with van der Waals surface area (Å²) in [5.41, 5.74) is -0.0549. The van der Waals surface area contributed by atoms with E-state index >= 15 is 0 Å². The summed E-state index contributed by atoms with van der Waals surface area (Å²) >= 11 is 0. The van der Waals surface area contributed by atoms with Crippen molar-refractivity contribution in [3.63, 3.8) is 0 Å². The Labute approximate surface area is 149 Å². The average Bonchev–Trinajstić information content (AvgIpc) is 3.38. The van der Waals surface area contributed by atoms with Crippen LogP contribution in [0.5, 0.6) is 5.75 Å². The molecule has 1 aromatic carbocycles. The molecule has 1 aromatic heterocycles. The molecule has 0 spiro atoms. The number of halogens is 1. The van der Waals surface area contributed by atoms with Gasteiger partial charge in [-0.15, -0.1) is 0 Å². The molecule has 8 nitrogen and oxygen atoms in total. The van der Waals surface area contributed by atoms with Gasteiger partial charge in [0, 0.05) is 31.0 Å². The maximum absolute atomic E-state index is 14.4. The molecule has 26 heavy (non-hydrogen) atoms. The van der Waals surface area contributed by atoms with E-state index in [0.29, 0.717) is 24.7 Å². The molecule has 0 unspecified atom stereocenters. The third-order valence-electron chi connectivity index (χ3n) is 5.03. The second-order valence-electron chi connectivity index (χ2n) is 6.76. The molecule has 4 rings (SSSR count). The number of benzene rings is 1. The summed E-state index contributed by atoms with van der Waals surface area (Å²) in [7, 11) is 1.34. The first kappa shape index (κ1) is 16.7. The van der Waals surface area contributed by atoms with Gasteiger partial charge < -0.3 is 14.2 Å². The zero-order chi connectivity index (χ0) is 18.3. The maximum Gasteiger partial charge on any atom is 0.313 e. The predicted molar refractivity (Wildman–Crippen MR) is 90.1 cm³/mol. The Balaban J connectivity index is 1.47. The van der Waals surface area contributed by atoms with E-state index in [4.69, 9.17) is 9.26 Å². The number of nitro benzene ring substituents is 1. The van der Waals surface area contributed by atoms with Gasteiger partial charge in [-0.3, -0.25) is 10.1 Å². The zero-order valence-corrected chi connectivity index (χ0v) is 14.4. The molecule has 0 N–H and O–H groups in total. The first-order valence-electron chi connectivity index (χ1n) is 8.67. The predicted octanol–water partition coefficient (Wildman–Crippen LogP) is 3.39. The normalized spacial score (nSPS) is 18.2.